The number of aromatic nitrogens is 2. The van der Waals surface area contributed by atoms with Gasteiger partial charge >= 0.3 is 0 Å². The molecule has 26 heavy (non-hydrogen) atoms. The van der Waals surface area contributed by atoms with E-state index in [1.807, 2.05) is 25.6 Å². The van der Waals surface area contributed by atoms with Crippen molar-refractivity contribution in [2.45, 2.75) is 33.9 Å². The summed E-state index contributed by atoms with van der Waals surface area (Å²) in [5.41, 5.74) is 4.02. The first-order valence-electron chi connectivity index (χ1n) is 8.33. The minimum absolute atomic E-state index is 0. The average molecular weight is 473 g/mol. The summed E-state index contributed by atoms with van der Waals surface area (Å²) < 4.78 is 7.08. The van der Waals surface area contributed by atoms with Gasteiger partial charge in [-0.2, -0.15) is 5.10 Å². The van der Waals surface area contributed by atoms with Crippen LogP contribution >= 0.6 is 24.0 Å². The first-order valence-corrected chi connectivity index (χ1v) is 8.33. The van der Waals surface area contributed by atoms with Crippen molar-refractivity contribution in [1.82, 2.24) is 20.4 Å². The highest BCUT2D eigenvalue weighted by atomic mass is 127. The highest BCUT2D eigenvalue weighted by Gasteiger charge is 2.10. The molecule has 0 aliphatic heterocycles. The summed E-state index contributed by atoms with van der Waals surface area (Å²) in [4.78, 5) is 4.55. The number of phenols is 1. The third-order valence-corrected chi connectivity index (χ3v) is 4.13. The van der Waals surface area contributed by atoms with Gasteiger partial charge in [-0.3, -0.25) is 4.68 Å². The fraction of sp³-hybridized carbons (Fsp3) is 0.444. The Morgan fingerprint density at radius 3 is 2.62 bits per heavy atom. The van der Waals surface area contributed by atoms with E-state index in [0.29, 0.717) is 30.4 Å². The van der Waals surface area contributed by atoms with Gasteiger partial charge in [0.25, 0.3) is 0 Å². The number of aromatic hydroxyl groups is 1. The quantitative estimate of drug-likeness (QED) is 0.342. The summed E-state index contributed by atoms with van der Waals surface area (Å²) in [6.07, 6.45) is 0. The second kappa shape index (κ2) is 10.2. The number of ether oxygens (including phenoxy) is 1. The Morgan fingerprint density at radius 1 is 1.31 bits per heavy atom. The van der Waals surface area contributed by atoms with Crippen LogP contribution in [0.25, 0.3) is 0 Å². The van der Waals surface area contributed by atoms with Crippen molar-refractivity contribution >= 4 is 29.9 Å². The maximum Gasteiger partial charge on any atom is 0.191 e. The number of benzene rings is 1. The maximum absolute atomic E-state index is 9.98. The predicted molar refractivity (Wildman–Crippen MR) is 114 cm³/mol. The third-order valence-electron chi connectivity index (χ3n) is 4.13. The standard InChI is InChI=1S/C18H27N5O2.HI/c1-6-19-18(21-11-16-12(2)22-23(4)13(16)3)20-10-14-9-15(25-5)7-8-17(14)24;/h7-9,24H,6,10-11H2,1-5H3,(H2,19,20,21);1H. The maximum atomic E-state index is 9.98. The normalized spacial score (nSPS) is 11.0. The smallest absolute Gasteiger partial charge is 0.191 e. The zero-order valence-electron chi connectivity index (χ0n) is 16.0. The zero-order valence-corrected chi connectivity index (χ0v) is 18.3. The highest BCUT2D eigenvalue weighted by molar-refractivity contribution is 14.0. The molecular weight excluding hydrogens is 445 g/mol. The Bertz CT molecular complexity index is 758. The molecule has 0 saturated carbocycles. The number of guanidine groups is 1. The number of halogens is 1. The summed E-state index contributed by atoms with van der Waals surface area (Å²) in [5.74, 6) is 1.59. The van der Waals surface area contributed by atoms with E-state index in [1.54, 1.807) is 25.3 Å². The van der Waals surface area contributed by atoms with E-state index in [4.69, 9.17) is 4.74 Å². The molecule has 0 aliphatic carbocycles. The molecular formula is C18H28IN5O2. The fourth-order valence-electron chi connectivity index (χ4n) is 2.57. The lowest BCUT2D eigenvalue weighted by Gasteiger charge is -2.12. The fourth-order valence-corrected chi connectivity index (χ4v) is 2.57. The zero-order chi connectivity index (χ0) is 18.4. The topological polar surface area (TPSA) is 83.7 Å². The number of phenolic OH excluding ortho intramolecular Hbond substituents is 1. The van der Waals surface area contributed by atoms with E-state index in [9.17, 15) is 5.11 Å². The molecule has 0 atom stereocenters. The third kappa shape index (κ3) is 5.52. The Hall–Kier alpha value is -1.97. The van der Waals surface area contributed by atoms with Gasteiger partial charge in [0.15, 0.2) is 5.96 Å². The molecule has 0 radical (unpaired) electrons. The van der Waals surface area contributed by atoms with Crippen LogP contribution in [0.3, 0.4) is 0 Å². The molecule has 1 aromatic carbocycles. The minimum atomic E-state index is 0. The summed E-state index contributed by atoms with van der Waals surface area (Å²) in [6, 6.07) is 5.13. The van der Waals surface area contributed by atoms with E-state index >= 15 is 0 Å². The van der Waals surface area contributed by atoms with Gasteiger partial charge in [0, 0.05) is 37.0 Å². The average Bonchev–Trinajstić information content (AvgIpc) is 2.84. The lowest BCUT2D eigenvalue weighted by Crippen LogP contribution is -2.37. The van der Waals surface area contributed by atoms with Crippen molar-refractivity contribution in [3.05, 3.63) is 40.7 Å². The number of nitrogens with zero attached hydrogens (tertiary/aromatic N) is 3. The van der Waals surface area contributed by atoms with Gasteiger partial charge in [-0.1, -0.05) is 0 Å². The first kappa shape index (κ1) is 22.1. The SMILES string of the molecule is CCNC(=NCc1cc(OC)ccc1O)NCc1c(C)nn(C)c1C.I. The molecule has 1 aromatic heterocycles. The van der Waals surface area contributed by atoms with Crippen LogP contribution in [0.2, 0.25) is 0 Å². The van der Waals surface area contributed by atoms with Crippen molar-refractivity contribution < 1.29 is 9.84 Å². The molecule has 0 saturated heterocycles. The number of aliphatic imine (C=N–C) groups is 1. The van der Waals surface area contributed by atoms with Gasteiger partial charge in [0.2, 0.25) is 0 Å². The molecule has 8 heteroatoms. The summed E-state index contributed by atoms with van der Waals surface area (Å²) in [6.45, 7) is 7.81. The molecule has 2 rings (SSSR count). The van der Waals surface area contributed by atoms with Crippen LogP contribution in [0.4, 0.5) is 0 Å². The van der Waals surface area contributed by atoms with Crippen molar-refractivity contribution in [3.63, 3.8) is 0 Å². The second-order valence-electron chi connectivity index (χ2n) is 5.82. The molecule has 0 fully saturated rings. The first-order chi connectivity index (χ1) is 12.0. The van der Waals surface area contributed by atoms with Crippen LogP contribution < -0.4 is 15.4 Å². The molecule has 144 valence electrons. The van der Waals surface area contributed by atoms with Crippen molar-refractivity contribution in [2.75, 3.05) is 13.7 Å². The van der Waals surface area contributed by atoms with Crippen LogP contribution in [-0.2, 0) is 20.1 Å². The molecule has 2 aromatic rings. The van der Waals surface area contributed by atoms with Gasteiger partial charge in [-0.05, 0) is 39.0 Å². The summed E-state index contributed by atoms with van der Waals surface area (Å²) in [7, 11) is 3.54. The predicted octanol–water partition coefficient (Wildman–Crippen LogP) is 2.62. The lowest BCUT2D eigenvalue weighted by atomic mass is 10.2. The number of aryl methyl sites for hydroxylation is 2. The Balaban J connectivity index is 0.00000338. The Morgan fingerprint density at radius 2 is 2.04 bits per heavy atom. The van der Waals surface area contributed by atoms with Crippen LogP contribution in [0, 0.1) is 13.8 Å². The lowest BCUT2D eigenvalue weighted by molar-refractivity contribution is 0.411. The van der Waals surface area contributed by atoms with Crippen LogP contribution in [0.5, 0.6) is 11.5 Å². The molecule has 1 heterocycles. The molecule has 3 N–H and O–H groups in total. The van der Waals surface area contributed by atoms with Gasteiger partial charge in [0.05, 0.1) is 19.3 Å². The monoisotopic (exact) mass is 473 g/mol. The summed E-state index contributed by atoms with van der Waals surface area (Å²) >= 11 is 0. The van der Waals surface area contributed by atoms with Crippen molar-refractivity contribution in [2.24, 2.45) is 12.0 Å². The molecule has 0 bridgehead atoms. The van der Waals surface area contributed by atoms with E-state index in [2.05, 4.69) is 27.6 Å². The number of hydrogen-bond donors (Lipinski definition) is 3. The van der Waals surface area contributed by atoms with Crippen molar-refractivity contribution in [3.8, 4) is 11.5 Å². The number of hydrogen-bond acceptors (Lipinski definition) is 4. The van der Waals surface area contributed by atoms with Crippen LogP contribution in [0.1, 0.15) is 29.4 Å². The molecule has 0 aliphatic rings. The largest absolute Gasteiger partial charge is 0.508 e. The van der Waals surface area contributed by atoms with E-state index in [-0.39, 0.29) is 29.7 Å². The van der Waals surface area contributed by atoms with Crippen LogP contribution in [-0.4, -0.2) is 34.5 Å². The molecule has 0 unspecified atom stereocenters. The number of nitrogens with one attached hydrogen (secondary N) is 2. The van der Waals surface area contributed by atoms with Gasteiger partial charge in [-0.25, -0.2) is 4.99 Å². The summed E-state index contributed by atoms with van der Waals surface area (Å²) in [5, 5.41) is 20.9. The molecule has 0 amide bonds. The Labute approximate surface area is 171 Å². The van der Waals surface area contributed by atoms with Gasteiger partial charge in [-0.15, -0.1) is 24.0 Å². The number of rotatable bonds is 6. The molecule has 0 spiro atoms. The highest BCUT2D eigenvalue weighted by Crippen LogP contribution is 2.23. The number of methoxy groups -OCH3 is 1. The second-order valence-corrected chi connectivity index (χ2v) is 5.82. The Kier molecular flexibility index (Phi) is 8.70. The van der Waals surface area contributed by atoms with E-state index in [1.165, 1.54) is 0 Å². The van der Waals surface area contributed by atoms with Crippen molar-refractivity contribution in [1.29, 1.82) is 0 Å². The van der Waals surface area contributed by atoms with E-state index < -0.39 is 0 Å². The van der Waals surface area contributed by atoms with Gasteiger partial charge in [0.1, 0.15) is 11.5 Å². The molecule has 7 nitrogen and oxygen atoms in total. The van der Waals surface area contributed by atoms with Crippen LogP contribution in [0.15, 0.2) is 23.2 Å². The minimum Gasteiger partial charge on any atom is -0.508 e. The van der Waals surface area contributed by atoms with E-state index in [0.717, 1.165) is 23.5 Å². The van der Waals surface area contributed by atoms with Gasteiger partial charge < -0.3 is 20.5 Å².